The molecule has 3 aromatic carbocycles. The summed E-state index contributed by atoms with van der Waals surface area (Å²) in [7, 11) is 3.10. The molecule has 3 aromatic rings. The van der Waals surface area contributed by atoms with Gasteiger partial charge < -0.3 is 18.9 Å². The Kier molecular flexibility index (Phi) is 9.93. The van der Waals surface area contributed by atoms with Gasteiger partial charge in [-0.2, -0.15) is 0 Å². The van der Waals surface area contributed by atoms with Gasteiger partial charge in [-0.1, -0.05) is 18.2 Å². The van der Waals surface area contributed by atoms with Crippen LogP contribution in [0.15, 0.2) is 72.8 Å². The maximum atomic E-state index is 12.5. The number of allylic oxidation sites excluding steroid dienone is 1. The molecular formula is C29H30O6. The van der Waals surface area contributed by atoms with Crippen LogP contribution in [0, 0.1) is 0 Å². The molecule has 0 unspecified atom stereocenters. The second-order valence-corrected chi connectivity index (χ2v) is 7.78. The number of rotatable bonds is 14. The molecule has 6 nitrogen and oxygen atoms in total. The van der Waals surface area contributed by atoms with Crippen LogP contribution in [0.3, 0.4) is 0 Å². The topological polar surface area (TPSA) is 71.1 Å². The van der Waals surface area contributed by atoms with Crippen LogP contribution in [0.5, 0.6) is 23.0 Å². The van der Waals surface area contributed by atoms with Gasteiger partial charge in [-0.25, -0.2) is 0 Å². The first-order valence-corrected chi connectivity index (χ1v) is 11.5. The van der Waals surface area contributed by atoms with Crippen LogP contribution in [-0.2, 0) is 0 Å². The van der Waals surface area contributed by atoms with Crippen LogP contribution in [-0.4, -0.2) is 39.5 Å². The van der Waals surface area contributed by atoms with Crippen molar-refractivity contribution in [1.82, 2.24) is 0 Å². The van der Waals surface area contributed by atoms with Crippen LogP contribution >= 0.6 is 0 Å². The van der Waals surface area contributed by atoms with E-state index in [0.717, 1.165) is 42.6 Å². The fraction of sp³-hybridized carbons (Fsp3) is 0.241. The van der Waals surface area contributed by atoms with Crippen molar-refractivity contribution in [3.8, 4) is 23.0 Å². The summed E-state index contributed by atoms with van der Waals surface area (Å²) in [5.74, 6) is 2.55. The summed E-state index contributed by atoms with van der Waals surface area (Å²) in [6.07, 6.45) is 6.97. The quantitative estimate of drug-likeness (QED) is 0.123. The zero-order valence-corrected chi connectivity index (χ0v) is 20.1. The van der Waals surface area contributed by atoms with Gasteiger partial charge in [0.05, 0.1) is 27.4 Å². The minimum absolute atomic E-state index is 0.117. The molecule has 35 heavy (non-hydrogen) atoms. The zero-order chi connectivity index (χ0) is 24.9. The molecule has 0 aliphatic carbocycles. The molecular weight excluding hydrogens is 444 g/mol. The normalized spacial score (nSPS) is 10.7. The van der Waals surface area contributed by atoms with E-state index >= 15 is 0 Å². The van der Waals surface area contributed by atoms with E-state index in [-0.39, 0.29) is 5.78 Å². The van der Waals surface area contributed by atoms with E-state index in [1.807, 2.05) is 24.3 Å². The first-order chi connectivity index (χ1) is 17.1. The minimum Gasteiger partial charge on any atom is -0.494 e. The van der Waals surface area contributed by atoms with E-state index in [4.69, 9.17) is 18.9 Å². The van der Waals surface area contributed by atoms with E-state index in [0.29, 0.717) is 35.8 Å². The lowest BCUT2D eigenvalue weighted by atomic mass is 10.1. The lowest BCUT2D eigenvalue weighted by molar-refractivity contribution is 0.104. The van der Waals surface area contributed by atoms with Crippen molar-refractivity contribution in [2.45, 2.75) is 19.3 Å². The molecule has 0 N–H and O–H groups in total. The second kappa shape index (κ2) is 13.6. The van der Waals surface area contributed by atoms with Crippen molar-refractivity contribution in [3.63, 3.8) is 0 Å². The summed E-state index contributed by atoms with van der Waals surface area (Å²) < 4.78 is 21.9. The number of hydrogen-bond donors (Lipinski definition) is 0. The number of ether oxygens (including phenoxy) is 4. The number of benzene rings is 3. The van der Waals surface area contributed by atoms with Crippen LogP contribution in [0.1, 0.15) is 45.5 Å². The van der Waals surface area contributed by atoms with E-state index < -0.39 is 0 Å². The predicted molar refractivity (Wildman–Crippen MR) is 136 cm³/mol. The summed E-state index contributed by atoms with van der Waals surface area (Å²) in [4.78, 5) is 23.1. The molecule has 0 fully saturated rings. The standard InChI is InChI=1S/C29H30O6/c1-32-28-17-11-24(20-29(28)33-2)27(31)16-10-22-6-12-25(13-7-22)34-18-4-3-5-19-35-26-14-8-23(21-30)9-15-26/h6-17,20-21H,3-5,18-19H2,1-2H3/b16-10+. The molecule has 0 bridgehead atoms. The van der Waals surface area contributed by atoms with Gasteiger partial charge in [0.1, 0.15) is 17.8 Å². The van der Waals surface area contributed by atoms with E-state index in [2.05, 4.69) is 0 Å². The number of carbonyl (C=O) groups is 2. The Morgan fingerprint density at radius 1 is 0.714 bits per heavy atom. The highest BCUT2D eigenvalue weighted by Gasteiger charge is 2.08. The molecule has 0 saturated carbocycles. The first kappa shape index (κ1) is 25.6. The first-order valence-electron chi connectivity index (χ1n) is 11.5. The Bertz CT molecular complexity index is 1120. The van der Waals surface area contributed by atoms with Gasteiger partial charge in [-0.3, -0.25) is 9.59 Å². The summed E-state index contributed by atoms with van der Waals surface area (Å²) in [6.45, 7) is 1.25. The Labute approximate surface area is 206 Å². The van der Waals surface area contributed by atoms with Gasteiger partial charge in [0.15, 0.2) is 17.3 Å². The van der Waals surface area contributed by atoms with Gasteiger partial charge in [0.2, 0.25) is 0 Å². The maximum Gasteiger partial charge on any atom is 0.185 e. The molecule has 0 aliphatic rings. The Balaban J connectivity index is 1.36. The minimum atomic E-state index is -0.117. The fourth-order valence-corrected chi connectivity index (χ4v) is 3.34. The summed E-state index contributed by atoms with van der Waals surface area (Å²) in [5, 5.41) is 0. The van der Waals surface area contributed by atoms with Crippen molar-refractivity contribution < 1.29 is 28.5 Å². The molecule has 0 aromatic heterocycles. The number of methoxy groups -OCH3 is 2. The zero-order valence-electron chi connectivity index (χ0n) is 20.1. The van der Waals surface area contributed by atoms with Crippen LogP contribution in [0.25, 0.3) is 6.08 Å². The highest BCUT2D eigenvalue weighted by Crippen LogP contribution is 2.28. The number of hydrogen-bond acceptors (Lipinski definition) is 6. The van der Waals surface area contributed by atoms with Crippen LogP contribution < -0.4 is 18.9 Å². The molecule has 0 radical (unpaired) electrons. The molecule has 0 spiro atoms. The molecule has 3 rings (SSSR count). The van der Waals surface area contributed by atoms with Gasteiger partial charge in [-0.15, -0.1) is 0 Å². The lowest BCUT2D eigenvalue weighted by Crippen LogP contribution is -2.01. The molecule has 0 aliphatic heterocycles. The van der Waals surface area contributed by atoms with Gasteiger partial charge in [-0.05, 0) is 85.5 Å². The Hall–Kier alpha value is -4.06. The van der Waals surface area contributed by atoms with Crippen molar-refractivity contribution in [1.29, 1.82) is 0 Å². The van der Waals surface area contributed by atoms with E-state index in [1.54, 1.807) is 62.8 Å². The molecule has 6 heteroatoms. The van der Waals surface area contributed by atoms with Gasteiger partial charge in [0, 0.05) is 11.1 Å². The van der Waals surface area contributed by atoms with Gasteiger partial charge in [0.25, 0.3) is 0 Å². The summed E-state index contributed by atoms with van der Waals surface area (Å²) in [6, 6.07) is 19.8. The largest absolute Gasteiger partial charge is 0.494 e. The van der Waals surface area contributed by atoms with Crippen LogP contribution in [0.4, 0.5) is 0 Å². The second-order valence-electron chi connectivity index (χ2n) is 7.78. The third-order valence-electron chi connectivity index (χ3n) is 5.32. The number of aldehydes is 1. The number of carbonyl (C=O) groups excluding carboxylic acids is 2. The van der Waals surface area contributed by atoms with E-state index in [1.165, 1.54) is 6.08 Å². The molecule has 182 valence electrons. The number of unbranched alkanes of at least 4 members (excludes halogenated alkanes) is 2. The third kappa shape index (κ3) is 8.03. The van der Waals surface area contributed by atoms with Crippen molar-refractivity contribution in [2.75, 3.05) is 27.4 Å². The van der Waals surface area contributed by atoms with Crippen molar-refractivity contribution in [3.05, 3.63) is 89.5 Å². The Morgan fingerprint density at radius 3 is 1.83 bits per heavy atom. The smallest absolute Gasteiger partial charge is 0.185 e. The Morgan fingerprint density at radius 2 is 1.29 bits per heavy atom. The fourth-order valence-electron chi connectivity index (χ4n) is 3.34. The highest BCUT2D eigenvalue weighted by atomic mass is 16.5. The third-order valence-corrected chi connectivity index (χ3v) is 5.32. The average molecular weight is 475 g/mol. The highest BCUT2D eigenvalue weighted by molar-refractivity contribution is 6.07. The lowest BCUT2D eigenvalue weighted by Gasteiger charge is -2.08. The van der Waals surface area contributed by atoms with Crippen molar-refractivity contribution >= 4 is 18.1 Å². The maximum absolute atomic E-state index is 12.5. The van der Waals surface area contributed by atoms with Gasteiger partial charge >= 0.3 is 0 Å². The SMILES string of the molecule is COc1ccc(C(=O)/C=C/c2ccc(OCCCCCOc3ccc(C=O)cc3)cc2)cc1OC. The molecule has 0 heterocycles. The van der Waals surface area contributed by atoms with Crippen LogP contribution in [0.2, 0.25) is 0 Å². The predicted octanol–water partition coefficient (Wildman–Crippen LogP) is 6.04. The average Bonchev–Trinajstić information content (AvgIpc) is 2.91. The molecule has 0 atom stereocenters. The summed E-state index contributed by atoms with van der Waals surface area (Å²) in [5.41, 5.74) is 2.08. The monoisotopic (exact) mass is 474 g/mol. The summed E-state index contributed by atoms with van der Waals surface area (Å²) >= 11 is 0. The molecule has 0 amide bonds. The van der Waals surface area contributed by atoms with Crippen molar-refractivity contribution in [2.24, 2.45) is 0 Å². The number of ketones is 1. The van der Waals surface area contributed by atoms with E-state index in [9.17, 15) is 9.59 Å². The molecule has 0 saturated heterocycles.